The minimum Gasteiger partial charge on any atom is -0.323 e. The molecule has 0 amide bonds. The first-order valence-corrected chi connectivity index (χ1v) is 5.13. The maximum atomic E-state index is 10.5. The highest BCUT2D eigenvalue weighted by Gasteiger charge is 2.14. The van der Waals surface area contributed by atoms with Crippen LogP contribution >= 0.6 is 11.6 Å². The number of nitro groups is 1. The lowest BCUT2D eigenvalue weighted by molar-refractivity contribution is -0.384. The molecule has 1 aromatic rings. The summed E-state index contributed by atoms with van der Waals surface area (Å²) in [6.07, 6.45) is 0. The fraction of sp³-hybridized carbons (Fsp3) is 0.400. The molecule has 2 N–H and O–H groups in total. The van der Waals surface area contributed by atoms with Gasteiger partial charge in [0.15, 0.2) is 0 Å². The highest BCUT2D eigenvalue weighted by Crippen LogP contribution is 2.26. The van der Waals surface area contributed by atoms with E-state index in [4.69, 9.17) is 17.3 Å². The fourth-order valence-corrected chi connectivity index (χ4v) is 1.74. The van der Waals surface area contributed by atoms with Gasteiger partial charge in [0.25, 0.3) is 5.69 Å². The number of non-ortho nitro benzene ring substituents is 1. The number of nitrogens with two attached hydrogens (primary N) is 1. The topological polar surface area (TPSA) is 72.4 Å². The summed E-state index contributed by atoms with van der Waals surface area (Å²) in [4.78, 5) is 12.0. The van der Waals surface area contributed by atoms with Crippen LogP contribution in [0.25, 0.3) is 0 Å². The van der Waals surface area contributed by atoms with Gasteiger partial charge in [-0.05, 0) is 25.7 Å². The van der Waals surface area contributed by atoms with Crippen LogP contribution in [0, 0.1) is 10.1 Å². The van der Waals surface area contributed by atoms with Gasteiger partial charge in [-0.1, -0.05) is 11.6 Å². The summed E-state index contributed by atoms with van der Waals surface area (Å²) in [5.74, 6) is 0. The Morgan fingerprint density at radius 1 is 1.56 bits per heavy atom. The first-order valence-electron chi connectivity index (χ1n) is 4.76. The Morgan fingerprint density at radius 3 is 2.62 bits per heavy atom. The van der Waals surface area contributed by atoms with Gasteiger partial charge in [-0.25, -0.2) is 0 Å². The second-order valence-electron chi connectivity index (χ2n) is 3.83. The van der Waals surface area contributed by atoms with Gasteiger partial charge < -0.3 is 10.6 Å². The average molecular weight is 244 g/mol. The van der Waals surface area contributed by atoms with Crippen LogP contribution in [0.2, 0.25) is 5.02 Å². The molecule has 0 radical (unpaired) electrons. The first kappa shape index (κ1) is 12.9. The number of halogens is 1. The maximum absolute atomic E-state index is 10.5. The van der Waals surface area contributed by atoms with E-state index in [-0.39, 0.29) is 11.7 Å². The van der Waals surface area contributed by atoms with E-state index in [1.54, 1.807) is 6.07 Å². The zero-order valence-corrected chi connectivity index (χ0v) is 9.94. The van der Waals surface area contributed by atoms with Gasteiger partial charge in [0, 0.05) is 24.7 Å². The Hall–Kier alpha value is -1.17. The Balaban J connectivity index is 2.94. The number of hydrogen-bond donors (Lipinski definition) is 1. The van der Waals surface area contributed by atoms with Gasteiger partial charge in [-0.3, -0.25) is 10.1 Å². The van der Waals surface area contributed by atoms with E-state index in [1.165, 1.54) is 12.1 Å². The van der Waals surface area contributed by atoms with Gasteiger partial charge >= 0.3 is 0 Å². The molecular formula is C10H14ClN3O2. The molecule has 0 heterocycles. The van der Waals surface area contributed by atoms with E-state index in [0.717, 1.165) is 5.56 Å². The lowest BCUT2D eigenvalue weighted by atomic mass is 10.1. The molecule has 0 bridgehead atoms. The van der Waals surface area contributed by atoms with Crippen LogP contribution in [0.15, 0.2) is 18.2 Å². The summed E-state index contributed by atoms with van der Waals surface area (Å²) in [7, 11) is 3.80. The molecule has 0 aliphatic carbocycles. The molecule has 0 spiro atoms. The third kappa shape index (κ3) is 3.16. The minimum absolute atomic E-state index is 0.0224. The van der Waals surface area contributed by atoms with Crippen molar-refractivity contribution in [3.63, 3.8) is 0 Å². The molecule has 0 fully saturated rings. The van der Waals surface area contributed by atoms with Gasteiger partial charge in [0.2, 0.25) is 0 Å². The molecule has 5 nitrogen and oxygen atoms in total. The fourth-order valence-electron chi connectivity index (χ4n) is 1.42. The van der Waals surface area contributed by atoms with E-state index in [0.29, 0.717) is 11.6 Å². The van der Waals surface area contributed by atoms with Crippen molar-refractivity contribution < 1.29 is 4.92 Å². The number of benzene rings is 1. The van der Waals surface area contributed by atoms with Crippen molar-refractivity contribution in [1.29, 1.82) is 0 Å². The molecular weight excluding hydrogens is 230 g/mol. The van der Waals surface area contributed by atoms with Gasteiger partial charge in [-0.2, -0.15) is 0 Å². The molecule has 88 valence electrons. The zero-order chi connectivity index (χ0) is 12.3. The van der Waals surface area contributed by atoms with Gasteiger partial charge in [0.1, 0.15) is 0 Å². The number of hydrogen-bond acceptors (Lipinski definition) is 4. The zero-order valence-electron chi connectivity index (χ0n) is 9.18. The molecule has 0 saturated carbocycles. The third-order valence-corrected chi connectivity index (χ3v) is 2.48. The second-order valence-corrected chi connectivity index (χ2v) is 4.24. The third-order valence-electron chi connectivity index (χ3n) is 2.16. The molecule has 16 heavy (non-hydrogen) atoms. The molecule has 1 atom stereocenters. The van der Waals surface area contributed by atoms with Crippen molar-refractivity contribution in [3.8, 4) is 0 Å². The molecule has 0 aliphatic rings. The van der Waals surface area contributed by atoms with E-state index >= 15 is 0 Å². The highest BCUT2D eigenvalue weighted by atomic mass is 35.5. The summed E-state index contributed by atoms with van der Waals surface area (Å²) in [6.45, 7) is 0.636. The maximum Gasteiger partial charge on any atom is 0.270 e. The number of likely N-dealkylation sites (N-methyl/N-ethyl adjacent to an activating group) is 1. The normalized spacial score (nSPS) is 12.8. The molecule has 6 heteroatoms. The highest BCUT2D eigenvalue weighted by molar-refractivity contribution is 6.31. The van der Waals surface area contributed by atoms with Crippen LogP contribution in [0.1, 0.15) is 11.6 Å². The van der Waals surface area contributed by atoms with Crippen molar-refractivity contribution >= 4 is 17.3 Å². The Kier molecular flexibility index (Phi) is 4.23. The summed E-state index contributed by atoms with van der Waals surface area (Å²) >= 11 is 5.95. The molecule has 0 aliphatic heterocycles. The molecule has 0 aromatic heterocycles. The summed E-state index contributed by atoms with van der Waals surface area (Å²) in [5, 5.41) is 10.9. The lowest BCUT2D eigenvalue weighted by Gasteiger charge is -2.18. The average Bonchev–Trinajstić information content (AvgIpc) is 2.15. The van der Waals surface area contributed by atoms with E-state index < -0.39 is 4.92 Å². The van der Waals surface area contributed by atoms with Crippen molar-refractivity contribution in [2.75, 3.05) is 20.6 Å². The number of rotatable bonds is 4. The summed E-state index contributed by atoms with van der Waals surface area (Å²) in [6, 6.07) is 4.10. The van der Waals surface area contributed by atoms with Crippen molar-refractivity contribution in [2.24, 2.45) is 5.73 Å². The summed E-state index contributed by atoms with van der Waals surface area (Å²) in [5.41, 5.74) is 6.63. The predicted molar refractivity (Wildman–Crippen MR) is 63.6 cm³/mol. The van der Waals surface area contributed by atoms with Crippen LogP contribution in [-0.4, -0.2) is 30.5 Å². The van der Waals surface area contributed by atoms with Crippen LogP contribution < -0.4 is 5.73 Å². The first-order chi connectivity index (χ1) is 7.41. The van der Waals surface area contributed by atoms with Crippen molar-refractivity contribution in [3.05, 3.63) is 38.9 Å². The SMILES string of the molecule is CN(C)CC(N)c1ccc([N+](=O)[O-])cc1Cl. The number of nitro benzene ring substituents is 1. The van der Waals surface area contributed by atoms with Crippen LogP contribution in [0.4, 0.5) is 5.69 Å². The Morgan fingerprint density at radius 2 is 2.19 bits per heavy atom. The molecule has 1 unspecified atom stereocenters. The predicted octanol–water partition coefficient (Wildman–Crippen LogP) is 1.81. The quantitative estimate of drug-likeness (QED) is 0.647. The summed E-state index contributed by atoms with van der Waals surface area (Å²) < 4.78 is 0. The second kappa shape index (κ2) is 5.25. The lowest BCUT2D eigenvalue weighted by Crippen LogP contribution is -2.26. The van der Waals surface area contributed by atoms with E-state index in [2.05, 4.69) is 0 Å². The van der Waals surface area contributed by atoms with E-state index in [1.807, 2.05) is 19.0 Å². The Bertz CT molecular complexity index is 396. The number of nitrogens with zero attached hydrogens (tertiary/aromatic N) is 2. The van der Waals surface area contributed by atoms with Crippen molar-refractivity contribution in [1.82, 2.24) is 4.90 Å². The Labute approximate surface area is 98.9 Å². The van der Waals surface area contributed by atoms with Crippen LogP contribution in [0.5, 0.6) is 0 Å². The minimum atomic E-state index is -0.479. The van der Waals surface area contributed by atoms with Crippen LogP contribution in [-0.2, 0) is 0 Å². The van der Waals surface area contributed by atoms with Crippen molar-refractivity contribution in [2.45, 2.75) is 6.04 Å². The van der Waals surface area contributed by atoms with Gasteiger partial charge in [-0.15, -0.1) is 0 Å². The van der Waals surface area contributed by atoms with Crippen LogP contribution in [0.3, 0.4) is 0 Å². The molecule has 1 aromatic carbocycles. The molecule has 0 saturated heterocycles. The van der Waals surface area contributed by atoms with Gasteiger partial charge in [0.05, 0.1) is 9.95 Å². The largest absolute Gasteiger partial charge is 0.323 e. The molecule has 1 rings (SSSR count). The monoisotopic (exact) mass is 243 g/mol. The van der Waals surface area contributed by atoms with E-state index in [9.17, 15) is 10.1 Å². The smallest absolute Gasteiger partial charge is 0.270 e. The standard InChI is InChI=1S/C10H14ClN3O2/c1-13(2)6-10(12)8-4-3-7(14(15)16)5-9(8)11/h3-5,10H,6,12H2,1-2H3.